The highest BCUT2D eigenvalue weighted by molar-refractivity contribution is 6.30. The van der Waals surface area contributed by atoms with Crippen LogP contribution in [-0.4, -0.2) is 15.0 Å². The van der Waals surface area contributed by atoms with Gasteiger partial charge in [-0.2, -0.15) is 0 Å². The monoisotopic (exact) mass is 251 g/mol. The summed E-state index contributed by atoms with van der Waals surface area (Å²) in [7, 11) is 0. The minimum absolute atomic E-state index is 0.117. The predicted octanol–water partition coefficient (Wildman–Crippen LogP) is 3.45. The molecule has 3 nitrogen and oxygen atoms in total. The highest BCUT2D eigenvalue weighted by atomic mass is 35.5. The summed E-state index contributed by atoms with van der Waals surface area (Å²) in [6.45, 7) is 3.93. The van der Waals surface area contributed by atoms with E-state index in [1.165, 1.54) is 12.5 Å². The number of nitrogens with zero attached hydrogens (tertiary/aromatic N) is 3. The standard InChI is InChI=1S/C12H11ClFN3/c1-7(2)10-11(16-6-17-12(10)13)8-3-4-15-5-9(8)14/h3-7H,1-2H3. The molecule has 0 amide bonds. The maximum absolute atomic E-state index is 13.7. The van der Waals surface area contributed by atoms with E-state index in [1.807, 2.05) is 13.8 Å². The number of halogens is 2. The molecule has 0 bridgehead atoms. The fourth-order valence-corrected chi connectivity index (χ4v) is 2.02. The van der Waals surface area contributed by atoms with Crippen molar-refractivity contribution in [3.63, 3.8) is 0 Å². The van der Waals surface area contributed by atoms with Gasteiger partial charge in [0.1, 0.15) is 11.5 Å². The van der Waals surface area contributed by atoms with Crippen molar-refractivity contribution in [2.45, 2.75) is 19.8 Å². The van der Waals surface area contributed by atoms with E-state index in [0.717, 1.165) is 11.8 Å². The lowest BCUT2D eigenvalue weighted by molar-refractivity contribution is 0.623. The van der Waals surface area contributed by atoms with E-state index in [2.05, 4.69) is 15.0 Å². The summed E-state index contributed by atoms with van der Waals surface area (Å²) in [5.74, 6) is -0.296. The van der Waals surface area contributed by atoms with Crippen LogP contribution in [0.1, 0.15) is 25.3 Å². The van der Waals surface area contributed by atoms with Crippen LogP contribution in [0, 0.1) is 5.82 Å². The van der Waals surface area contributed by atoms with Crippen LogP contribution in [0.25, 0.3) is 11.3 Å². The zero-order valence-corrected chi connectivity index (χ0v) is 10.2. The Morgan fingerprint density at radius 3 is 2.71 bits per heavy atom. The minimum Gasteiger partial charge on any atom is -0.262 e. The Hall–Kier alpha value is -1.55. The smallest absolute Gasteiger partial charge is 0.150 e. The Morgan fingerprint density at radius 2 is 2.06 bits per heavy atom. The molecule has 0 saturated heterocycles. The van der Waals surface area contributed by atoms with Crippen LogP contribution in [0.15, 0.2) is 24.8 Å². The van der Waals surface area contributed by atoms with Crippen molar-refractivity contribution in [1.82, 2.24) is 15.0 Å². The molecule has 0 aromatic carbocycles. The van der Waals surface area contributed by atoms with E-state index in [4.69, 9.17) is 11.6 Å². The van der Waals surface area contributed by atoms with E-state index < -0.39 is 5.82 Å². The molecular formula is C12H11ClFN3. The Bertz CT molecular complexity index is 543. The molecule has 0 saturated carbocycles. The van der Waals surface area contributed by atoms with Crippen LogP contribution in [0.2, 0.25) is 5.15 Å². The molecule has 0 radical (unpaired) electrons. The number of rotatable bonds is 2. The Kier molecular flexibility index (Phi) is 3.33. The largest absolute Gasteiger partial charge is 0.262 e. The Labute approximate surface area is 104 Å². The third-order valence-electron chi connectivity index (χ3n) is 2.44. The van der Waals surface area contributed by atoms with E-state index in [-0.39, 0.29) is 5.92 Å². The fraction of sp³-hybridized carbons (Fsp3) is 0.250. The summed E-state index contributed by atoms with van der Waals surface area (Å²) in [6, 6.07) is 1.58. The van der Waals surface area contributed by atoms with Gasteiger partial charge in [0.05, 0.1) is 11.9 Å². The van der Waals surface area contributed by atoms with Crippen molar-refractivity contribution in [1.29, 1.82) is 0 Å². The topological polar surface area (TPSA) is 38.7 Å². The van der Waals surface area contributed by atoms with E-state index in [0.29, 0.717) is 16.4 Å². The molecule has 2 aromatic rings. The molecule has 2 aromatic heterocycles. The number of pyridine rings is 1. The van der Waals surface area contributed by atoms with E-state index >= 15 is 0 Å². The van der Waals surface area contributed by atoms with Crippen molar-refractivity contribution in [3.8, 4) is 11.3 Å². The summed E-state index contributed by atoms with van der Waals surface area (Å²) in [4.78, 5) is 11.8. The number of hydrogen-bond donors (Lipinski definition) is 0. The summed E-state index contributed by atoms with van der Waals surface area (Å²) in [5.41, 5.74) is 1.67. The summed E-state index contributed by atoms with van der Waals surface area (Å²) >= 11 is 6.04. The lowest BCUT2D eigenvalue weighted by atomic mass is 9.99. The molecule has 0 fully saturated rings. The van der Waals surface area contributed by atoms with Crippen molar-refractivity contribution in [2.24, 2.45) is 0 Å². The summed E-state index contributed by atoms with van der Waals surface area (Å²) < 4.78 is 13.7. The van der Waals surface area contributed by atoms with Gasteiger partial charge >= 0.3 is 0 Å². The van der Waals surface area contributed by atoms with Crippen LogP contribution in [0.4, 0.5) is 4.39 Å². The van der Waals surface area contributed by atoms with Gasteiger partial charge in [-0.3, -0.25) is 4.98 Å². The molecule has 0 atom stereocenters. The van der Waals surface area contributed by atoms with Crippen molar-refractivity contribution >= 4 is 11.6 Å². The van der Waals surface area contributed by atoms with Crippen molar-refractivity contribution in [2.75, 3.05) is 0 Å². The normalized spacial score (nSPS) is 10.9. The molecule has 0 unspecified atom stereocenters. The second-order valence-corrected chi connectivity index (χ2v) is 4.29. The van der Waals surface area contributed by atoms with Crippen LogP contribution in [0.5, 0.6) is 0 Å². The highest BCUT2D eigenvalue weighted by Gasteiger charge is 2.17. The first-order chi connectivity index (χ1) is 8.11. The molecule has 0 spiro atoms. The predicted molar refractivity (Wildman–Crippen MR) is 64.3 cm³/mol. The van der Waals surface area contributed by atoms with Gasteiger partial charge in [0, 0.05) is 17.3 Å². The quantitative estimate of drug-likeness (QED) is 0.768. The van der Waals surface area contributed by atoms with Crippen LogP contribution < -0.4 is 0 Å². The first-order valence-electron chi connectivity index (χ1n) is 5.21. The molecule has 0 N–H and O–H groups in total. The van der Waals surface area contributed by atoms with Crippen LogP contribution in [0.3, 0.4) is 0 Å². The minimum atomic E-state index is -0.413. The van der Waals surface area contributed by atoms with E-state index in [9.17, 15) is 4.39 Å². The average Bonchev–Trinajstić information content (AvgIpc) is 2.28. The molecule has 0 aliphatic carbocycles. The van der Waals surface area contributed by atoms with Crippen molar-refractivity contribution < 1.29 is 4.39 Å². The van der Waals surface area contributed by atoms with Gasteiger partial charge in [0.15, 0.2) is 5.82 Å². The van der Waals surface area contributed by atoms with Crippen LogP contribution in [-0.2, 0) is 0 Å². The average molecular weight is 252 g/mol. The number of aromatic nitrogens is 3. The SMILES string of the molecule is CC(C)c1c(Cl)ncnc1-c1ccncc1F. The Morgan fingerprint density at radius 1 is 1.29 bits per heavy atom. The molecular weight excluding hydrogens is 241 g/mol. The molecule has 2 rings (SSSR count). The Balaban J connectivity index is 2.68. The lowest BCUT2D eigenvalue weighted by Gasteiger charge is -2.12. The second-order valence-electron chi connectivity index (χ2n) is 3.94. The van der Waals surface area contributed by atoms with Gasteiger partial charge in [0.25, 0.3) is 0 Å². The van der Waals surface area contributed by atoms with Gasteiger partial charge in [-0.1, -0.05) is 25.4 Å². The molecule has 0 aliphatic heterocycles. The fourth-order valence-electron chi connectivity index (χ4n) is 1.67. The maximum Gasteiger partial charge on any atom is 0.150 e. The van der Waals surface area contributed by atoms with Gasteiger partial charge in [-0.15, -0.1) is 0 Å². The van der Waals surface area contributed by atoms with Gasteiger partial charge in [-0.25, -0.2) is 14.4 Å². The zero-order chi connectivity index (χ0) is 12.4. The second kappa shape index (κ2) is 4.75. The van der Waals surface area contributed by atoms with Gasteiger partial charge in [0.2, 0.25) is 0 Å². The third kappa shape index (κ3) is 2.26. The van der Waals surface area contributed by atoms with E-state index in [1.54, 1.807) is 6.07 Å². The maximum atomic E-state index is 13.7. The van der Waals surface area contributed by atoms with Gasteiger partial charge < -0.3 is 0 Å². The first-order valence-corrected chi connectivity index (χ1v) is 5.59. The molecule has 17 heavy (non-hydrogen) atoms. The number of hydrogen-bond acceptors (Lipinski definition) is 3. The molecule has 0 aliphatic rings. The molecule has 2 heterocycles. The first kappa shape index (κ1) is 11.9. The lowest BCUT2D eigenvalue weighted by Crippen LogP contribution is -2.00. The van der Waals surface area contributed by atoms with Crippen LogP contribution >= 0.6 is 11.6 Å². The third-order valence-corrected chi connectivity index (χ3v) is 2.74. The highest BCUT2D eigenvalue weighted by Crippen LogP contribution is 2.32. The summed E-state index contributed by atoms with van der Waals surface area (Å²) in [5, 5.41) is 0.362. The summed E-state index contributed by atoms with van der Waals surface area (Å²) in [6.07, 6.45) is 4.03. The molecule has 5 heteroatoms. The zero-order valence-electron chi connectivity index (χ0n) is 9.48. The van der Waals surface area contributed by atoms with Gasteiger partial charge in [-0.05, 0) is 12.0 Å². The molecule has 88 valence electrons. The van der Waals surface area contributed by atoms with Crippen molar-refractivity contribution in [3.05, 3.63) is 41.3 Å².